The number of benzene rings is 3. The Morgan fingerprint density at radius 2 is 1.64 bits per heavy atom. The second kappa shape index (κ2) is 9.96. The van der Waals surface area contributed by atoms with Crippen molar-refractivity contribution in [2.75, 3.05) is 0 Å². The molecule has 0 aliphatic rings. The fourth-order valence-electron chi connectivity index (χ4n) is 3.76. The van der Waals surface area contributed by atoms with Crippen LogP contribution >= 0.6 is 23.5 Å². The van der Waals surface area contributed by atoms with Gasteiger partial charge in [0.2, 0.25) is 0 Å². The molecular formula is C25H19BrF2N3O4P. The van der Waals surface area contributed by atoms with Crippen LogP contribution in [0.3, 0.4) is 0 Å². The molecule has 4 rings (SSSR count). The van der Waals surface area contributed by atoms with Crippen molar-refractivity contribution >= 4 is 23.5 Å². The zero-order valence-corrected chi connectivity index (χ0v) is 21.0. The lowest BCUT2D eigenvalue weighted by atomic mass is 10.1. The number of rotatable bonds is 7. The Kier molecular flexibility index (Phi) is 7.12. The standard InChI is InChI=1S/C25H19BrF2N3O4P/c26-22-12-19(8-11-21(22)25(27,28)36(33,34)35)15-31-23(20-9-6-17(13-29)7-10-20)16-30(24(31)32)14-18-4-2-1-3-5-18/h1-12,16H,14-15H2,(H2,33,34,35). The van der Waals surface area contributed by atoms with Crippen LogP contribution in [0, 0.1) is 11.3 Å². The molecule has 4 aromatic rings. The molecule has 0 aliphatic heterocycles. The van der Waals surface area contributed by atoms with Crippen LogP contribution in [0.4, 0.5) is 8.78 Å². The number of nitrogens with zero attached hydrogens (tertiary/aromatic N) is 3. The zero-order valence-electron chi connectivity index (χ0n) is 18.6. The molecule has 184 valence electrons. The van der Waals surface area contributed by atoms with Crippen molar-refractivity contribution in [2.24, 2.45) is 0 Å². The van der Waals surface area contributed by atoms with E-state index < -0.39 is 18.8 Å². The summed E-state index contributed by atoms with van der Waals surface area (Å²) in [5.74, 6) is 0. The van der Waals surface area contributed by atoms with Crippen LogP contribution in [0.2, 0.25) is 0 Å². The summed E-state index contributed by atoms with van der Waals surface area (Å²) in [7, 11) is -5.74. The molecule has 0 saturated carbocycles. The largest absolute Gasteiger partial charge is 0.399 e. The molecule has 0 bridgehead atoms. The van der Waals surface area contributed by atoms with Crippen LogP contribution < -0.4 is 5.69 Å². The predicted octanol–water partition coefficient (Wildman–Crippen LogP) is 5.27. The zero-order chi connectivity index (χ0) is 26.1. The van der Waals surface area contributed by atoms with Gasteiger partial charge in [0.05, 0.1) is 30.4 Å². The summed E-state index contributed by atoms with van der Waals surface area (Å²) in [4.78, 5) is 31.5. The van der Waals surface area contributed by atoms with Crippen molar-refractivity contribution in [3.8, 4) is 17.3 Å². The quantitative estimate of drug-likeness (QED) is 0.293. The van der Waals surface area contributed by atoms with Crippen LogP contribution in [0.1, 0.15) is 22.3 Å². The van der Waals surface area contributed by atoms with Gasteiger partial charge >= 0.3 is 18.9 Å². The summed E-state index contributed by atoms with van der Waals surface area (Å²) in [6.07, 6.45) is 1.70. The average Bonchev–Trinajstić information content (AvgIpc) is 3.14. The minimum Gasteiger partial charge on any atom is -0.320 e. The SMILES string of the molecule is N#Cc1ccc(-c2cn(Cc3ccccc3)c(=O)n2Cc2ccc(C(F)(F)P(=O)(O)O)c(Br)c2)cc1. The monoisotopic (exact) mass is 573 g/mol. The lowest BCUT2D eigenvalue weighted by Gasteiger charge is -2.19. The molecule has 7 nitrogen and oxygen atoms in total. The fourth-order valence-corrected chi connectivity index (χ4v) is 5.10. The first-order valence-electron chi connectivity index (χ1n) is 10.6. The summed E-state index contributed by atoms with van der Waals surface area (Å²) in [5.41, 5.74) is -2.48. The molecule has 1 heterocycles. The first-order valence-corrected chi connectivity index (χ1v) is 13.0. The Labute approximate surface area is 213 Å². The van der Waals surface area contributed by atoms with Crippen LogP contribution in [0.25, 0.3) is 11.3 Å². The van der Waals surface area contributed by atoms with Gasteiger partial charge in [0, 0.05) is 16.2 Å². The third kappa shape index (κ3) is 5.11. The Balaban J connectivity index is 1.77. The van der Waals surface area contributed by atoms with E-state index in [1.807, 2.05) is 36.4 Å². The molecule has 0 spiro atoms. The highest BCUT2D eigenvalue weighted by atomic mass is 79.9. The average molecular weight is 574 g/mol. The van der Waals surface area contributed by atoms with Gasteiger partial charge in [0.1, 0.15) is 0 Å². The van der Waals surface area contributed by atoms with Gasteiger partial charge in [-0.25, -0.2) is 4.79 Å². The van der Waals surface area contributed by atoms with E-state index in [0.29, 0.717) is 28.9 Å². The van der Waals surface area contributed by atoms with E-state index in [1.54, 1.807) is 30.5 Å². The number of imidazole rings is 1. The summed E-state index contributed by atoms with van der Waals surface area (Å²) in [6, 6.07) is 21.7. The van der Waals surface area contributed by atoms with Gasteiger partial charge in [-0.15, -0.1) is 0 Å². The van der Waals surface area contributed by atoms with E-state index in [2.05, 4.69) is 15.9 Å². The summed E-state index contributed by atoms with van der Waals surface area (Å²) in [5, 5.41) is 9.10. The molecule has 2 N–H and O–H groups in total. The molecule has 0 aliphatic carbocycles. The second-order valence-electron chi connectivity index (χ2n) is 8.09. The maximum absolute atomic E-state index is 14.2. The molecule has 0 fully saturated rings. The van der Waals surface area contributed by atoms with E-state index in [1.165, 1.54) is 21.3 Å². The molecule has 0 amide bonds. The summed E-state index contributed by atoms with van der Waals surface area (Å²) < 4.78 is 42.6. The molecule has 0 saturated heterocycles. The maximum atomic E-state index is 14.2. The van der Waals surface area contributed by atoms with Gasteiger partial charge in [-0.2, -0.15) is 14.0 Å². The van der Waals surface area contributed by atoms with Crippen molar-refractivity contribution in [1.82, 2.24) is 9.13 Å². The van der Waals surface area contributed by atoms with Crippen molar-refractivity contribution in [3.63, 3.8) is 0 Å². The molecule has 0 atom stereocenters. The fraction of sp³-hybridized carbons (Fsp3) is 0.120. The normalized spacial score (nSPS) is 11.9. The highest BCUT2D eigenvalue weighted by Crippen LogP contribution is 2.60. The summed E-state index contributed by atoms with van der Waals surface area (Å²) in [6.45, 7) is 0.323. The topological polar surface area (TPSA) is 108 Å². The van der Waals surface area contributed by atoms with E-state index in [0.717, 1.165) is 11.6 Å². The van der Waals surface area contributed by atoms with Gasteiger partial charge in [-0.1, -0.05) is 70.5 Å². The first-order chi connectivity index (χ1) is 17.0. The highest BCUT2D eigenvalue weighted by molar-refractivity contribution is 9.10. The van der Waals surface area contributed by atoms with Crippen LogP contribution in [-0.4, -0.2) is 18.9 Å². The molecule has 11 heteroatoms. The third-order valence-electron chi connectivity index (χ3n) is 5.62. The number of nitriles is 1. The molecule has 36 heavy (non-hydrogen) atoms. The van der Waals surface area contributed by atoms with Crippen LogP contribution in [0.15, 0.2) is 88.3 Å². The summed E-state index contributed by atoms with van der Waals surface area (Å²) >= 11 is 2.99. The van der Waals surface area contributed by atoms with E-state index >= 15 is 0 Å². The van der Waals surface area contributed by atoms with Gasteiger partial charge in [-0.3, -0.25) is 13.7 Å². The third-order valence-corrected chi connectivity index (χ3v) is 7.24. The predicted molar refractivity (Wildman–Crippen MR) is 134 cm³/mol. The van der Waals surface area contributed by atoms with Crippen molar-refractivity contribution < 1.29 is 23.1 Å². The van der Waals surface area contributed by atoms with Crippen LogP contribution in [0.5, 0.6) is 0 Å². The highest BCUT2D eigenvalue weighted by Gasteiger charge is 2.51. The molecular weight excluding hydrogens is 555 g/mol. The van der Waals surface area contributed by atoms with Gasteiger partial charge in [-0.05, 0) is 34.9 Å². The van der Waals surface area contributed by atoms with Gasteiger partial charge < -0.3 is 9.79 Å². The molecule has 1 aromatic heterocycles. The Morgan fingerprint density at radius 3 is 2.22 bits per heavy atom. The van der Waals surface area contributed by atoms with E-state index in [-0.39, 0.29) is 16.7 Å². The molecule has 3 aromatic carbocycles. The minimum absolute atomic E-state index is 0.0102. The Hall–Kier alpha value is -3.35. The number of aromatic nitrogens is 2. The lowest BCUT2D eigenvalue weighted by molar-refractivity contribution is 0.0557. The van der Waals surface area contributed by atoms with E-state index in [9.17, 15) is 18.1 Å². The molecule has 0 unspecified atom stereocenters. The van der Waals surface area contributed by atoms with E-state index in [4.69, 9.17) is 15.0 Å². The second-order valence-corrected chi connectivity index (χ2v) is 10.6. The Bertz CT molecular complexity index is 1560. The maximum Gasteiger partial charge on any atom is 0.399 e. The van der Waals surface area contributed by atoms with Gasteiger partial charge in [0.25, 0.3) is 0 Å². The lowest BCUT2D eigenvalue weighted by Crippen LogP contribution is -2.25. The number of hydrogen-bond acceptors (Lipinski definition) is 3. The number of alkyl halides is 2. The Morgan fingerprint density at radius 1 is 0.972 bits per heavy atom. The van der Waals surface area contributed by atoms with Gasteiger partial charge in [0.15, 0.2) is 0 Å². The first kappa shape index (κ1) is 25.7. The van der Waals surface area contributed by atoms with Crippen LogP contribution in [-0.2, 0) is 23.3 Å². The smallest absolute Gasteiger partial charge is 0.320 e. The number of halogens is 3. The number of hydrogen-bond donors (Lipinski definition) is 2. The molecule has 0 radical (unpaired) electrons. The van der Waals surface area contributed by atoms with Crippen molar-refractivity contribution in [1.29, 1.82) is 5.26 Å². The van der Waals surface area contributed by atoms with Crippen molar-refractivity contribution in [2.45, 2.75) is 18.8 Å². The van der Waals surface area contributed by atoms with Crippen molar-refractivity contribution in [3.05, 3.63) is 116 Å². The minimum atomic E-state index is -5.74.